The molecule has 0 atom stereocenters. The third-order valence-electron chi connectivity index (χ3n) is 1.95. The normalized spacial score (nSPS) is 9.73. The number of ketones is 1. The number of Topliss-reactive ketones (excluding diaryl/α,β-unsaturated/α-hetero) is 1. The van der Waals surface area contributed by atoms with E-state index < -0.39 is 0 Å². The number of hydrogen-bond acceptors (Lipinski definition) is 4. The molecule has 0 fully saturated rings. The highest BCUT2D eigenvalue weighted by molar-refractivity contribution is 7.81. The van der Waals surface area contributed by atoms with Crippen LogP contribution in [0.4, 0.5) is 0 Å². The molecule has 1 aromatic carbocycles. The molecule has 0 heterocycles. The number of hydrogen-bond donors (Lipinski definition) is 1. The van der Waals surface area contributed by atoms with Gasteiger partial charge in [0.15, 0.2) is 0 Å². The first-order valence-electron chi connectivity index (χ1n) is 4.47. The van der Waals surface area contributed by atoms with Crippen molar-refractivity contribution < 1.29 is 14.3 Å². The fourth-order valence-electron chi connectivity index (χ4n) is 1.16. The topological polar surface area (TPSA) is 43.4 Å². The summed E-state index contributed by atoms with van der Waals surface area (Å²) in [5.74, 6) is -0.0788. The molecule has 0 aromatic heterocycles. The second kappa shape index (κ2) is 5.56. The highest BCUT2D eigenvalue weighted by Crippen LogP contribution is 2.07. The van der Waals surface area contributed by atoms with Gasteiger partial charge in [-0.05, 0) is 17.7 Å². The number of ether oxygens (including phenoxy) is 1. The summed E-state index contributed by atoms with van der Waals surface area (Å²) >= 11 is 3.89. The van der Waals surface area contributed by atoms with Gasteiger partial charge in [-0.25, -0.2) is 4.79 Å². The van der Waals surface area contributed by atoms with E-state index in [1.807, 2.05) is 0 Å². The van der Waals surface area contributed by atoms with E-state index in [-0.39, 0.29) is 17.5 Å². The van der Waals surface area contributed by atoms with Gasteiger partial charge in [0.2, 0.25) is 0 Å². The Morgan fingerprint density at radius 2 is 1.87 bits per heavy atom. The minimum absolute atomic E-state index is 0.0594. The molecule has 0 N–H and O–H groups in total. The fourth-order valence-corrected chi connectivity index (χ4v) is 1.27. The van der Waals surface area contributed by atoms with E-state index in [0.717, 1.165) is 5.56 Å². The van der Waals surface area contributed by atoms with E-state index in [4.69, 9.17) is 0 Å². The predicted octanol–water partition coefficient (Wildman–Crippen LogP) is 1.51. The Balaban J connectivity index is 2.72. The maximum Gasteiger partial charge on any atom is 0.337 e. The number of thiol groups is 1. The summed E-state index contributed by atoms with van der Waals surface area (Å²) in [6.45, 7) is 0. The van der Waals surface area contributed by atoms with Crippen molar-refractivity contribution in [2.24, 2.45) is 0 Å². The Bertz CT molecular complexity index is 357. The van der Waals surface area contributed by atoms with Crippen molar-refractivity contribution in [3.63, 3.8) is 0 Å². The lowest BCUT2D eigenvalue weighted by Crippen LogP contribution is -2.05. The first-order valence-corrected chi connectivity index (χ1v) is 5.10. The van der Waals surface area contributed by atoms with Crippen molar-refractivity contribution in [1.29, 1.82) is 0 Å². The predicted molar refractivity (Wildman–Crippen MR) is 60.3 cm³/mol. The highest BCUT2D eigenvalue weighted by atomic mass is 32.1. The van der Waals surface area contributed by atoms with Crippen LogP contribution >= 0.6 is 12.6 Å². The van der Waals surface area contributed by atoms with E-state index in [2.05, 4.69) is 17.4 Å². The van der Waals surface area contributed by atoms with E-state index >= 15 is 0 Å². The molecule has 0 unspecified atom stereocenters. The molecule has 0 radical (unpaired) electrons. The van der Waals surface area contributed by atoms with Crippen LogP contribution in [-0.4, -0.2) is 24.6 Å². The second-order valence-corrected chi connectivity index (χ2v) is 3.38. The Kier molecular flexibility index (Phi) is 4.37. The fraction of sp³-hybridized carbons (Fsp3) is 0.273. The van der Waals surface area contributed by atoms with Crippen LogP contribution in [0.2, 0.25) is 0 Å². The molecule has 1 aromatic rings. The molecule has 0 aliphatic carbocycles. The van der Waals surface area contributed by atoms with Crippen molar-refractivity contribution in [2.45, 2.75) is 6.42 Å². The molecular formula is C11H12O3S. The lowest BCUT2D eigenvalue weighted by Gasteiger charge is -2.01. The van der Waals surface area contributed by atoms with Gasteiger partial charge in [0.25, 0.3) is 0 Å². The SMILES string of the molecule is COC(=O)c1ccc(CC(=O)CS)cc1. The van der Waals surface area contributed by atoms with Gasteiger partial charge in [0, 0.05) is 12.2 Å². The van der Waals surface area contributed by atoms with E-state index in [0.29, 0.717) is 12.0 Å². The zero-order valence-electron chi connectivity index (χ0n) is 8.40. The smallest absolute Gasteiger partial charge is 0.337 e. The summed E-state index contributed by atoms with van der Waals surface area (Å²) in [5.41, 5.74) is 1.36. The number of rotatable bonds is 4. The average Bonchev–Trinajstić information content (AvgIpc) is 2.29. The van der Waals surface area contributed by atoms with Crippen LogP contribution in [-0.2, 0) is 16.0 Å². The summed E-state index contributed by atoms with van der Waals surface area (Å²) in [6.07, 6.45) is 0.352. The van der Waals surface area contributed by atoms with Gasteiger partial charge in [-0.3, -0.25) is 4.79 Å². The summed E-state index contributed by atoms with van der Waals surface area (Å²) in [5, 5.41) is 0. The van der Waals surface area contributed by atoms with Gasteiger partial charge in [-0.1, -0.05) is 12.1 Å². The van der Waals surface area contributed by atoms with Gasteiger partial charge in [0.1, 0.15) is 5.78 Å². The molecule has 3 nitrogen and oxygen atoms in total. The van der Waals surface area contributed by atoms with Crippen LogP contribution in [0, 0.1) is 0 Å². The number of methoxy groups -OCH3 is 1. The van der Waals surface area contributed by atoms with Crippen molar-refractivity contribution in [2.75, 3.05) is 12.9 Å². The minimum atomic E-state index is -0.373. The van der Waals surface area contributed by atoms with Crippen molar-refractivity contribution in [3.05, 3.63) is 35.4 Å². The first-order chi connectivity index (χ1) is 7.17. The van der Waals surface area contributed by atoms with Crippen LogP contribution in [0.5, 0.6) is 0 Å². The van der Waals surface area contributed by atoms with Crippen LogP contribution in [0.3, 0.4) is 0 Å². The highest BCUT2D eigenvalue weighted by Gasteiger charge is 2.05. The molecule has 80 valence electrons. The number of benzene rings is 1. The van der Waals surface area contributed by atoms with Gasteiger partial charge in [-0.15, -0.1) is 0 Å². The standard InChI is InChI=1S/C11H12O3S/c1-14-11(13)9-4-2-8(3-5-9)6-10(12)7-15/h2-5,15H,6-7H2,1H3. The largest absolute Gasteiger partial charge is 0.465 e. The summed E-state index contributed by atoms with van der Waals surface area (Å²) < 4.78 is 4.56. The first kappa shape index (κ1) is 11.8. The van der Waals surface area contributed by atoms with Crippen LogP contribution in [0.25, 0.3) is 0 Å². The lowest BCUT2D eigenvalue weighted by atomic mass is 10.1. The van der Waals surface area contributed by atoms with Gasteiger partial charge < -0.3 is 4.74 Å². The molecule has 0 aliphatic heterocycles. The molecule has 4 heteroatoms. The zero-order valence-corrected chi connectivity index (χ0v) is 9.29. The van der Waals surface area contributed by atoms with Gasteiger partial charge in [0.05, 0.1) is 12.7 Å². The lowest BCUT2D eigenvalue weighted by molar-refractivity contribution is -0.115. The Morgan fingerprint density at radius 1 is 1.27 bits per heavy atom. The summed E-state index contributed by atoms with van der Waals surface area (Å²) in [7, 11) is 1.33. The van der Waals surface area contributed by atoms with E-state index in [1.165, 1.54) is 7.11 Å². The van der Waals surface area contributed by atoms with Crippen LogP contribution in [0.1, 0.15) is 15.9 Å². The van der Waals surface area contributed by atoms with Crippen molar-refractivity contribution in [1.82, 2.24) is 0 Å². The maximum atomic E-state index is 11.1. The zero-order chi connectivity index (χ0) is 11.3. The molecule has 0 amide bonds. The van der Waals surface area contributed by atoms with Crippen LogP contribution in [0.15, 0.2) is 24.3 Å². The molecule has 0 saturated heterocycles. The van der Waals surface area contributed by atoms with Gasteiger partial charge in [-0.2, -0.15) is 12.6 Å². The molecule has 0 bridgehead atoms. The van der Waals surface area contributed by atoms with Crippen molar-refractivity contribution in [3.8, 4) is 0 Å². The number of carbonyl (C=O) groups excluding carboxylic acids is 2. The average molecular weight is 224 g/mol. The molecule has 0 spiro atoms. The summed E-state index contributed by atoms with van der Waals surface area (Å²) in [6, 6.07) is 6.78. The third kappa shape index (κ3) is 3.40. The molecular weight excluding hydrogens is 212 g/mol. The van der Waals surface area contributed by atoms with Crippen LogP contribution < -0.4 is 0 Å². The molecule has 0 aliphatic rings. The van der Waals surface area contributed by atoms with Gasteiger partial charge >= 0.3 is 5.97 Å². The minimum Gasteiger partial charge on any atom is -0.465 e. The Morgan fingerprint density at radius 3 is 2.33 bits per heavy atom. The molecule has 1 rings (SSSR count). The Hall–Kier alpha value is -1.29. The maximum absolute atomic E-state index is 11.1. The van der Waals surface area contributed by atoms with Crippen molar-refractivity contribution >= 4 is 24.4 Å². The molecule has 15 heavy (non-hydrogen) atoms. The second-order valence-electron chi connectivity index (χ2n) is 3.06. The third-order valence-corrected chi connectivity index (χ3v) is 2.31. The van der Waals surface area contributed by atoms with E-state index in [9.17, 15) is 9.59 Å². The molecule has 0 saturated carbocycles. The number of carbonyl (C=O) groups is 2. The monoisotopic (exact) mass is 224 g/mol. The Labute approximate surface area is 93.8 Å². The number of esters is 1. The quantitative estimate of drug-likeness (QED) is 0.623. The summed E-state index contributed by atoms with van der Waals surface area (Å²) in [4.78, 5) is 22.2. The van der Waals surface area contributed by atoms with E-state index in [1.54, 1.807) is 24.3 Å².